The van der Waals surface area contributed by atoms with Crippen molar-refractivity contribution in [2.24, 2.45) is 0 Å². The summed E-state index contributed by atoms with van der Waals surface area (Å²) >= 11 is 0. The Bertz CT molecular complexity index is 853. The minimum Gasteiger partial charge on any atom is -0.341 e. The molecular weight excluding hydrogens is 318 g/mol. The Morgan fingerprint density at radius 3 is 2.60 bits per heavy atom. The fourth-order valence-corrected chi connectivity index (χ4v) is 2.93. The average Bonchev–Trinajstić information content (AvgIpc) is 2.60. The Hall–Kier alpha value is -2.70. The van der Waals surface area contributed by atoms with Gasteiger partial charge in [-0.15, -0.1) is 0 Å². The smallest absolute Gasteiger partial charge is 0.271 e. The Morgan fingerprint density at radius 2 is 1.92 bits per heavy atom. The summed E-state index contributed by atoms with van der Waals surface area (Å²) in [6.07, 6.45) is 5.05. The number of hydrogen-bond donors (Lipinski definition) is 2. The van der Waals surface area contributed by atoms with Crippen molar-refractivity contribution in [3.8, 4) is 0 Å². The average molecular weight is 341 g/mol. The Morgan fingerprint density at radius 1 is 1.20 bits per heavy atom. The van der Waals surface area contributed by atoms with Crippen LogP contribution in [-0.2, 0) is 0 Å². The second kappa shape index (κ2) is 7.04. The molecule has 1 saturated heterocycles. The predicted molar refractivity (Wildman–Crippen MR) is 97.3 cm³/mol. The lowest BCUT2D eigenvalue weighted by Gasteiger charge is -2.26. The molecule has 0 bridgehead atoms. The van der Waals surface area contributed by atoms with Crippen LogP contribution in [0.15, 0.2) is 17.1 Å². The third kappa shape index (κ3) is 3.70. The highest BCUT2D eigenvalue weighted by Gasteiger charge is 2.18. The number of aryl methyl sites for hydroxylation is 3. The minimum atomic E-state index is -0.378. The predicted octanol–water partition coefficient (Wildman–Crippen LogP) is 2.33. The van der Waals surface area contributed by atoms with Crippen LogP contribution < -0.4 is 15.8 Å². The van der Waals surface area contributed by atoms with E-state index in [0.717, 1.165) is 37.2 Å². The zero-order chi connectivity index (χ0) is 18.0. The van der Waals surface area contributed by atoms with Crippen molar-refractivity contribution in [1.82, 2.24) is 15.0 Å². The maximum Gasteiger partial charge on any atom is 0.271 e. The van der Waals surface area contributed by atoms with E-state index in [1.165, 1.54) is 12.6 Å². The lowest BCUT2D eigenvalue weighted by Crippen LogP contribution is -2.31. The van der Waals surface area contributed by atoms with Gasteiger partial charge >= 0.3 is 0 Å². The third-order valence-electron chi connectivity index (χ3n) is 4.60. The first-order valence-corrected chi connectivity index (χ1v) is 8.56. The number of anilines is 2. The Labute approximate surface area is 146 Å². The molecule has 1 aliphatic rings. The summed E-state index contributed by atoms with van der Waals surface area (Å²) in [6, 6.07) is 1.67. The molecule has 7 heteroatoms. The van der Waals surface area contributed by atoms with E-state index in [2.05, 4.69) is 25.2 Å². The second-order valence-corrected chi connectivity index (χ2v) is 6.49. The van der Waals surface area contributed by atoms with E-state index >= 15 is 0 Å². The molecule has 0 unspecified atom stereocenters. The van der Waals surface area contributed by atoms with Gasteiger partial charge in [0.1, 0.15) is 5.69 Å². The first kappa shape index (κ1) is 17.1. The van der Waals surface area contributed by atoms with Crippen LogP contribution in [0.25, 0.3) is 0 Å². The maximum atomic E-state index is 12.5. The number of nitrogens with zero attached hydrogens (tertiary/aromatic N) is 3. The summed E-state index contributed by atoms with van der Waals surface area (Å²) in [4.78, 5) is 38.2. The van der Waals surface area contributed by atoms with Crippen LogP contribution >= 0.6 is 0 Å². The number of carbonyl (C=O) groups excluding carboxylic acids is 1. The number of amides is 1. The normalized spacial score (nSPS) is 14.4. The number of aromatic nitrogens is 3. The van der Waals surface area contributed by atoms with Crippen molar-refractivity contribution >= 4 is 17.5 Å². The van der Waals surface area contributed by atoms with E-state index in [1.807, 2.05) is 13.8 Å². The zero-order valence-corrected chi connectivity index (χ0v) is 14.8. The van der Waals surface area contributed by atoms with Gasteiger partial charge in [0.2, 0.25) is 5.95 Å². The van der Waals surface area contributed by atoms with Crippen LogP contribution in [0, 0.1) is 20.8 Å². The quantitative estimate of drug-likeness (QED) is 0.894. The molecule has 2 aromatic heterocycles. The van der Waals surface area contributed by atoms with E-state index in [0.29, 0.717) is 17.2 Å². The van der Waals surface area contributed by atoms with Crippen molar-refractivity contribution < 1.29 is 4.79 Å². The van der Waals surface area contributed by atoms with Gasteiger partial charge in [-0.1, -0.05) is 0 Å². The molecule has 0 aromatic carbocycles. The summed E-state index contributed by atoms with van der Waals surface area (Å²) in [5, 5.41) is 2.66. The summed E-state index contributed by atoms with van der Waals surface area (Å²) in [7, 11) is 0. The van der Waals surface area contributed by atoms with E-state index in [4.69, 9.17) is 0 Å². The molecule has 7 nitrogen and oxygen atoms in total. The topological polar surface area (TPSA) is 91.0 Å². The van der Waals surface area contributed by atoms with E-state index < -0.39 is 0 Å². The molecule has 0 saturated carbocycles. The highest BCUT2D eigenvalue weighted by atomic mass is 16.2. The molecule has 0 spiro atoms. The van der Waals surface area contributed by atoms with Crippen LogP contribution in [-0.4, -0.2) is 33.9 Å². The van der Waals surface area contributed by atoms with Crippen molar-refractivity contribution in [2.45, 2.75) is 40.0 Å². The van der Waals surface area contributed by atoms with E-state index in [9.17, 15) is 9.59 Å². The first-order chi connectivity index (χ1) is 12.0. The molecule has 1 fully saturated rings. The fourth-order valence-electron chi connectivity index (χ4n) is 2.93. The maximum absolute atomic E-state index is 12.5. The summed E-state index contributed by atoms with van der Waals surface area (Å²) < 4.78 is 0. The Balaban J connectivity index is 1.80. The number of rotatable bonds is 3. The number of pyridine rings is 1. The fraction of sp³-hybridized carbons (Fsp3) is 0.444. The highest BCUT2D eigenvalue weighted by Crippen LogP contribution is 2.17. The SMILES string of the molecule is Cc1cc(NC(=O)c2cnc(N3CCCCC3)nc2C)c(=O)[nH]c1C. The summed E-state index contributed by atoms with van der Waals surface area (Å²) in [5.74, 6) is 0.286. The molecule has 3 rings (SSSR count). The molecule has 25 heavy (non-hydrogen) atoms. The number of piperidine rings is 1. The van der Waals surface area contributed by atoms with Crippen LogP contribution in [0.5, 0.6) is 0 Å². The van der Waals surface area contributed by atoms with Gasteiger partial charge in [-0.2, -0.15) is 0 Å². The number of hydrogen-bond acceptors (Lipinski definition) is 5. The second-order valence-electron chi connectivity index (χ2n) is 6.49. The van der Waals surface area contributed by atoms with Gasteiger partial charge in [-0.05, 0) is 51.7 Å². The molecule has 0 aliphatic carbocycles. The molecule has 0 radical (unpaired) electrons. The lowest BCUT2D eigenvalue weighted by atomic mass is 10.1. The number of H-pyrrole nitrogens is 1. The number of nitrogens with one attached hydrogen (secondary N) is 2. The van der Waals surface area contributed by atoms with Crippen molar-refractivity contribution in [2.75, 3.05) is 23.3 Å². The molecule has 132 valence electrons. The van der Waals surface area contributed by atoms with E-state index in [-0.39, 0.29) is 17.2 Å². The Kier molecular flexibility index (Phi) is 4.83. The largest absolute Gasteiger partial charge is 0.341 e. The molecule has 1 aliphatic heterocycles. The van der Waals surface area contributed by atoms with Crippen molar-refractivity contribution in [3.05, 3.63) is 45.1 Å². The number of carbonyl (C=O) groups is 1. The molecule has 2 aromatic rings. The van der Waals surface area contributed by atoms with Crippen LogP contribution in [0.3, 0.4) is 0 Å². The molecular formula is C18H23N5O2. The summed E-state index contributed by atoms with van der Waals surface area (Å²) in [6.45, 7) is 7.38. The van der Waals surface area contributed by atoms with Gasteiger partial charge in [-0.3, -0.25) is 9.59 Å². The highest BCUT2D eigenvalue weighted by molar-refractivity contribution is 6.04. The van der Waals surface area contributed by atoms with Gasteiger partial charge in [0.05, 0.1) is 11.3 Å². The standard InChI is InChI=1S/C18H23N5O2/c1-11-9-15(17(25)20-12(11)2)22-16(24)14-10-19-18(21-13(14)3)23-7-5-4-6-8-23/h9-10H,4-8H2,1-3H3,(H,20,25)(H,22,24). The van der Waals surface area contributed by atoms with Gasteiger partial charge in [0.15, 0.2) is 0 Å². The number of aromatic amines is 1. The molecule has 2 N–H and O–H groups in total. The zero-order valence-electron chi connectivity index (χ0n) is 14.8. The third-order valence-corrected chi connectivity index (χ3v) is 4.60. The minimum absolute atomic E-state index is 0.229. The first-order valence-electron chi connectivity index (χ1n) is 8.56. The van der Waals surface area contributed by atoms with Gasteiger partial charge in [0.25, 0.3) is 11.5 Å². The molecule has 3 heterocycles. The monoisotopic (exact) mass is 341 g/mol. The van der Waals surface area contributed by atoms with Gasteiger partial charge in [-0.25, -0.2) is 9.97 Å². The van der Waals surface area contributed by atoms with Crippen LogP contribution in [0.2, 0.25) is 0 Å². The van der Waals surface area contributed by atoms with E-state index in [1.54, 1.807) is 13.0 Å². The van der Waals surface area contributed by atoms with Gasteiger partial charge < -0.3 is 15.2 Å². The van der Waals surface area contributed by atoms with Crippen LogP contribution in [0.4, 0.5) is 11.6 Å². The van der Waals surface area contributed by atoms with Crippen molar-refractivity contribution in [1.29, 1.82) is 0 Å². The van der Waals surface area contributed by atoms with Crippen LogP contribution in [0.1, 0.15) is 46.6 Å². The van der Waals surface area contributed by atoms with Crippen molar-refractivity contribution in [3.63, 3.8) is 0 Å². The molecule has 1 amide bonds. The van der Waals surface area contributed by atoms with Gasteiger partial charge in [0, 0.05) is 25.0 Å². The lowest BCUT2D eigenvalue weighted by molar-refractivity contribution is 0.102. The molecule has 0 atom stereocenters. The summed E-state index contributed by atoms with van der Waals surface area (Å²) in [5.41, 5.74) is 2.58.